The molecule has 1 aliphatic heterocycles. The third-order valence-corrected chi connectivity index (χ3v) is 2.04. The van der Waals surface area contributed by atoms with Gasteiger partial charge in [-0.1, -0.05) is 20.8 Å². The Bertz CT molecular complexity index is 193. The zero-order valence-corrected chi connectivity index (χ0v) is 9.22. The van der Waals surface area contributed by atoms with Crippen LogP contribution < -0.4 is 10.6 Å². The minimum atomic E-state index is -0.0876. The molecule has 1 aliphatic rings. The highest BCUT2D eigenvalue weighted by Gasteiger charge is 2.18. The van der Waals surface area contributed by atoms with Crippen molar-refractivity contribution in [1.29, 1.82) is 0 Å². The molecule has 82 valence electrons. The number of hydrogen-bond acceptors (Lipinski definition) is 2. The van der Waals surface area contributed by atoms with E-state index in [-0.39, 0.29) is 17.5 Å². The van der Waals surface area contributed by atoms with E-state index < -0.39 is 0 Å². The first-order valence-electron chi connectivity index (χ1n) is 5.09. The Labute approximate surface area is 85.4 Å². The number of carbonyl (C=O) groups excluding carboxylic acids is 1. The van der Waals surface area contributed by atoms with E-state index in [9.17, 15) is 4.79 Å². The maximum Gasteiger partial charge on any atom is 0.315 e. The van der Waals surface area contributed by atoms with Gasteiger partial charge in [0.25, 0.3) is 0 Å². The van der Waals surface area contributed by atoms with Crippen LogP contribution in [0, 0.1) is 5.41 Å². The average Bonchev–Trinajstić information content (AvgIpc) is 2.52. The number of carbonyl (C=O) groups is 1. The van der Waals surface area contributed by atoms with Crippen molar-refractivity contribution >= 4 is 6.03 Å². The van der Waals surface area contributed by atoms with Gasteiger partial charge in [0.05, 0.1) is 12.6 Å². The molecule has 0 spiro atoms. The average molecular weight is 200 g/mol. The fourth-order valence-electron chi connectivity index (χ4n) is 1.23. The first kappa shape index (κ1) is 11.3. The van der Waals surface area contributed by atoms with Crippen molar-refractivity contribution in [2.75, 3.05) is 19.8 Å². The van der Waals surface area contributed by atoms with E-state index in [1.807, 2.05) is 0 Å². The van der Waals surface area contributed by atoms with Crippen molar-refractivity contribution in [1.82, 2.24) is 10.6 Å². The van der Waals surface area contributed by atoms with E-state index in [4.69, 9.17) is 4.74 Å². The lowest BCUT2D eigenvalue weighted by atomic mass is 9.97. The zero-order chi connectivity index (χ0) is 10.6. The van der Waals surface area contributed by atoms with Crippen LogP contribution in [0.1, 0.15) is 27.2 Å². The smallest absolute Gasteiger partial charge is 0.315 e. The molecule has 2 amide bonds. The van der Waals surface area contributed by atoms with E-state index in [0.29, 0.717) is 13.2 Å². The van der Waals surface area contributed by atoms with Gasteiger partial charge in [0, 0.05) is 13.2 Å². The molecule has 2 N–H and O–H groups in total. The Hall–Kier alpha value is -0.770. The number of rotatable bonds is 2. The predicted octanol–water partition coefficient (Wildman–Crippen LogP) is 1.12. The van der Waals surface area contributed by atoms with Crippen LogP contribution in [0.5, 0.6) is 0 Å². The van der Waals surface area contributed by atoms with Crippen LogP contribution >= 0.6 is 0 Å². The van der Waals surface area contributed by atoms with Gasteiger partial charge in [0.1, 0.15) is 0 Å². The van der Waals surface area contributed by atoms with Crippen molar-refractivity contribution < 1.29 is 9.53 Å². The standard InChI is InChI=1S/C10H20N2O2/c1-10(2,3)7-11-9(13)12-8-4-5-14-6-8/h8H,4-7H2,1-3H3,(H2,11,12,13). The molecular weight excluding hydrogens is 180 g/mol. The highest BCUT2D eigenvalue weighted by Crippen LogP contribution is 2.10. The van der Waals surface area contributed by atoms with E-state index in [2.05, 4.69) is 31.4 Å². The molecule has 0 aromatic rings. The normalized spacial score (nSPS) is 22.1. The highest BCUT2D eigenvalue weighted by atomic mass is 16.5. The van der Waals surface area contributed by atoms with E-state index >= 15 is 0 Å². The molecule has 1 fully saturated rings. The summed E-state index contributed by atoms with van der Waals surface area (Å²) in [6.45, 7) is 8.35. The summed E-state index contributed by atoms with van der Waals surface area (Å²) in [7, 11) is 0. The van der Waals surface area contributed by atoms with Gasteiger partial charge in [-0.3, -0.25) is 0 Å². The summed E-state index contributed by atoms with van der Waals surface area (Å²) in [5.41, 5.74) is 0.128. The number of hydrogen-bond donors (Lipinski definition) is 2. The zero-order valence-electron chi connectivity index (χ0n) is 9.22. The van der Waals surface area contributed by atoms with E-state index in [1.165, 1.54) is 0 Å². The molecule has 1 unspecified atom stereocenters. The number of amides is 2. The molecule has 4 nitrogen and oxygen atoms in total. The molecule has 0 aromatic heterocycles. The van der Waals surface area contributed by atoms with Gasteiger partial charge in [0.2, 0.25) is 0 Å². The Morgan fingerprint density at radius 3 is 2.71 bits per heavy atom. The van der Waals surface area contributed by atoms with Crippen molar-refractivity contribution in [3.05, 3.63) is 0 Å². The van der Waals surface area contributed by atoms with Gasteiger partial charge < -0.3 is 15.4 Å². The molecule has 4 heteroatoms. The van der Waals surface area contributed by atoms with Gasteiger partial charge in [-0.2, -0.15) is 0 Å². The fourth-order valence-corrected chi connectivity index (χ4v) is 1.23. The van der Waals surface area contributed by atoms with Crippen LogP contribution in [-0.2, 0) is 4.74 Å². The molecule has 0 radical (unpaired) electrons. The van der Waals surface area contributed by atoms with E-state index in [1.54, 1.807) is 0 Å². The minimum Gasteiger partial charge on any atom is -0.379 e. The molecule has 1 atom stereocenters. The molecule has 1 rings (SSSR count). The lowest BCUT2D eigenvalue weighted by Crippen LogP contribution is -2.44. The summed E-state index contributed by atoms with van der Waals surface area (Å²) >= 11 is 0. The number of urea groups is 1. The maximum absolute atomic E-state index is 11.4. The fraction of sp³-hybridized carbons (Fsp3) is 0.900. The molecule has 1 heterocycles. The van der Waals surface area contributed by atoms with Crippen molar-refractivity contribution in [2.24, 2.45) is 5.41 Å². The molecular formula is C10H20N2O2. The lowest BCUT2D eigenvalue weighted by molar-refractivity contribution is 0.188. The quantitative estimate of drug-likeness (QED) is 0.702. The van der Waals surface area contributed by atoms with Crippen molar-refractivity contribution in [2.45, 2.75) is 33.2 Å². The monoisotopic (exact) mass is 200 g/mol. The molecule has 0 bridgehead atoms. The molecule has 0 aromatic carbocycles. The van der Waals surface area contributed by atoms with Crippen molar-refractivity contribution in [3.8, 4) is 0 Å². The first-order chi connectivity index (χ1) is 6.47. The lowest BCUT2D eigenvalue weighted by Gasteiger charge is -2.20. The highest BCUT2D eigenvalue weighted by molar-refractivity contribution is 5.74. The van der Waals surface area contributed by atoms with Crippen molar-refractivity contribution in [3.63, 3.8) is 0 Å². The predicted molar refractivity (Wildman–Crippen MR) is 55.2 cm³/mol. The van der Waals surface area contributed by atoms with Crippen LogP contribution in [0.25, 0.3) is 0 Å². The molecule has 0 aliphatic carbocycles. The minimum absolute atomic E-state index is 0.0876. The summed E-state index contributed by atoms with van der Waals surface area (Å²) in [6, 6.07) is 0.102. The van der Waals surface area contributed by atoms with Crippen LogP contribution in [0.3, 0.4) is 0 Å². The van der Waals surface area contributed by atoms with Gasteiger partial charge >= 0.3 is 6.03 Å². The Morgan fingerprint density at radius 2 is 2.21 bits per heavy atom. The van der Waals surface area contributed by atoms with Crippen LogP contribution in [0.4, 0.5) is 4.79 Å². The summed E-state index contributed by atoms with van der Waals surface area (Å²) in [6.07, 6.45) is 0.920. The van der Waals surface area contributed by atoms with Gasteiger partial charge in [-0.25, -0.2) is 4.79 Å². The van der Waals surface area contributed by atoms with Crippen LogP contribution in [0.15, 0.2) is 0 Å². The maximum atomic E-state index is 11.4. The second-order valence-corrected chi connectivity index (χ2v) is 4.95. The second kappa shape index (κ2) is 4.64. The summed E-state index contributed by atoms with van der Waals surface area (Å²) < 4.78 is 5.16. The van der Waals surface area contributed by atoms with Crippen LogP contribution in [0.2, 0.25) is 0 Å². The third-order valence-electron chi connectivity index (χ3n) is 2.04. The second-order valence-electron chi connectivity index (χ2n) is 4.95. The molecule has 1 saturated heterocycles. The molecule has 14 heavy (non-hydrogen) atoms. The topological polar surface area (TPSA) is 50.4 Å². The van der Waals surface area contributed by atoms with Gasteiger partial charge in [0.15, 0.2) is 0 Å². The first-order valence-corrected chi connectivity index (χ1v) is 5.09. The SMILES string of the molecule is CC(C)(C)CNC(=O)NC1CCOC1. The van der Waals surface area contributed by atoms with Gasteiger partial charge in [-0.15, -0.1) is 0 Å². The Balaban J connectivity index is 2.15. The summed E-state index contributed by atoms with van der Waals surface area (Å²) in [5, 5.41) is 5.72. The molecule has 0 saturated carbocycles. The Kier molecular flexibility index (Phi) is 3.75. The number of ether oxygens (including phenoxy) is 1. The Morgan fingerprint density at radius 1 is 1.50 bits per heavy atom. The summed E-state index contributed by atoms with van der Waals surface area (Å²) in [5.74, 6) is 0. The largest absolute Gasteiger partial charge is 0.379 e. The number of nitrogens with one attached hydrogen (secondary N) is 2. The third kappa shape index (κ3) is 4.46. The summed E-state index contributed by atoms with van der Waals surface area (Å²) in [4.78, 5) is 11.4. The van der Waals surface area contributed by atoms with E-state index in [0.717, 1.165) is 13.0 Å². The van der Waals surface area contributed by atoms with Crippen LogP contribution in [-0.4, -0.2) is 31.8 Å². The van der Waals surface area contributed by atoms with Gasteiger partial charge in [-0.05, 0) is 11.8 Å².